The third-order valence-corrected chi connectivity index (χ3v) is 4.43. The number of carbonyl (C=O) groups is 2. The second-order valence-electron chi connectivity index (χ2n) is 6.14. The molecule has 6 heteroatoms. The van der Waals surface area contributed by atoms with Crippen molar-refractivity contribution >= 4 is 17.6 Å². The normalized spacial score (nSPS) is 16.8. The smallest absolute Gasteiger partial charge is 0.254 e. The Kier molecular flexibility index (Phi) is 3.37. The quantitative estimate of drug-likeness (QED) is 0.909. The first-order chi connectivity index (χ1) is 11.2. The van der Waals surface area contributed by atoms with Crippen LogP contribution in [0, 0.1) is 5.92 Å². The Hall–Kier alpha value is -2.63. The maximum atomic E-state index is 12.6. The number of rotatable bonds is 3. The molecule has 1 aromatic heterocycles. The van der Waals surface area contributed by atoms with Gasteiger partial charge in [-0.15, -0.1) is 0 Å². The molecule has 1 fully saturated rings. The van der Waals surface area contributed by atoms with Crippen molar-refractivity contribution in [2.75, 3.05) is 11.9 Å². The van der Waals surface area contributed by atoms with Crippen molar-refractivity contribution < 1.29 is 9.59 Å². The molecule has 2 heterocycles. The number of nitrogens with zero attached hydrogens (tertiary/aromatic N) is 2. The van der Waals surface area contributed by atoms with Gasteiger partial charge in [-0.2, -0.15) is 5.10 Å². The first-order valence-electron chi connectivity index (χ1n) is 7.93. The number of carbonyl (C=O) groups excluding carboxylic acids is 2. The number of amides is 2. The molecule has 1 aromatic carbocycles. The van der Waals surface area contributed by atoms with Crippen molar-refractivity contribution in [3.8, 4) is 0 Å². The van der Waals surface area contributed by atoms with E-state index in [1.807, 2.05) is 30.3 Å². The highest BCUT2D eigenvalue weighted by Gasteiger charge is 2.32. The lowest BCUT2D eigenvalue weighted by Gasteiger charge is -2.27. The molecule has 0 saturated heterocycles. The number of anilines is 1. The molecular formula is C17H18N4O2. The van der Waals surface area contributed by atoms with Crippen molar-refractivity contribution in [1.82, 2.24) is 15.1 Å². The van der Waals surface area contributed by atoms with Crippen LogP contribution in [0.4, 0.5) is 5.82 Å². The number of aromatic nitrogens is 2. The molecule has 1 aliphatic heterocycles. The summed E-state index contributed by atoms with van der Waals surface area (Å²) in [6.07, 6.45) is 2.63. The highest BCUT2D eigenvalue weighted by Crippen LogP contribution is 2.31. The fourth-order valence-electron chi connectivity index (χ4n) is 2.90. The molecule has 1 saturated carbocycles. The van der Waals surface area contributed by atoms with Crippen molar-refractivity contribution in [3.63, 3.8) is 0 Å². The van der Waals surface area contributed by atoms with Crippen LogP contribution in [0.5, 0.6) is 0 Å². The minimum Gasteiger partial charge on any atom is -0.334 e. The van der Waals surface area contributed by atoms with Crippen molar-refractivity contribution in [2.45, 2.75) is 25.8 Å². The van der Waals surface area contributed by atoms with E-state index in [-0.39, 0.29) is 17.7 Å². The summed E-state index contributed by atoms with van der Waals surface area (Å²) >= 11 is 0. The van der Waals surface area contributed by atoms with Gasteiger partial charge in [0, 0.05) is 35.7 Å². The molecule has 0 radical (unpaired) electrons. The number of benzene rings is 1. The molecule has 4 rings (SSSR count). The lowest BCUT2D eigenvalue weighted by Crippen LogP contribution is -2.36. The van der Waals surface area contributed by atoms with Crippen LogP contribution >= 0.6 is 0 Å². The summed E-state index contributed by atoms with van der Waals surface area (Å²) in [7, 11) is 0. The number of fused-ring (bicyclic) bond motifs is 1. The highest BCUT2D eigenvalue weighted by molar-refractivity contribution is 5.95. The second kappa shape index (κ2) is 5.53. The van der Waals surface area contributed by atoms with Gasteiger partial charge in [-0.1, -0.05) is 18.2 Å². The van der Waals surface area contributed by atoms with Gasteiger partial charge >= 0.3 is 0 Å². The minimum absolute atomic E-state index is 0.0110. The van der Waals surface area contributed by atoms with E-state index in [0.29, 0.717) is 24.5 Å². The van der Waals surface area contributed by atoms with Gasteiger partial charge in [0.05, 0.1) is 6.54 Å². The molecule has 0 bridgehead atoms. The van der Waals surface area contributed by atoms with Crippen molar-refractivity contribution in [3.05, 3.63) is 47.2 Å². The third kappa shape index (κ3) is 2.72. The number of aromatic amines is 1. The third-order valence-electron chi connectivity index (χ3n) is 4.43. The second-order valence-corrected chi connectivity index (χ2v) is 6.14. The van der Waals surface area contributed by atoms with E-state index in [1.165, 1.54) is 0 Å². The van der Waals surface area contributed by atoms with Gasteiger partial charge in [0.15, 0.2) is 5.82 Å². The van der Waals surface area contributed by atoms with Gasteiger partial charge in [0.25, 0.3) is 5.91 Å². The molecule has 0 unspecified atom stereocenters. The Bertz CT molecular complexity index is 749. The Morgan fingerprint density at radius 3 is 2.74 bits per heavy atom. The lowest BCUT2D eigenvalue weighted by molar-refractivity contribution is -0.117. The fourth-order valence-corrected chi connectivity index (χ4v) is 2.90. The highest BCUT2D eigenvalue weighted by atomic mass is 16.2. The lowest BCUT2D eigenvalue weighted by atomic mass is 10.1. The van der Waals surface area contributed by atoms with Crippen molar-refractivity contribution in [1.29, 1.82) is 0 Å². The molecule has 2 amide bonds. The Morgan fingerprint density at radius 1 is 1.22 bits per heavy atom. The summed E-state index contributed by atoms with van der Waals surface area (Å²) < 4.78 is 0. The maximum absolute atomic E-state index is 12.6. The minimum atomic E-state index is 0.0110. The Balaban J connectivity index is 1.52. The van der Waals surface area contributed by atoms with E-state index in [4.69, 9.17) is 0 Å². The first kappa shape index (κ1) is 14.0. The number of hydrogen-bond acceptors (Lipinski definition) is 3. The van der Waals surface area contributed by atoms with Crippen LogP contribution < -0.4 is 5.32 Å². The molecule has 2 aliphatic rings. The van der Waals surface area contributed by atoms with Gasteiger partial charge < -0.3 is 10.2 Å². The van der Waals surface area contributed by atoms with E-state index in [1.54, 1.807) is 4.90 Å². The van der Waals surface area contributed by atoms with Gasteiger partial charge in [0.2, 0.25) is 5.91 Å². The Labute approximate surface area is 133 Å². The summed E-state index contributed by atoms with van der Waals surface area (Å²) in [5.74, 6) is 0.748. The van der Waals surface area contributed by atoms with E-state index in [0.717, 1.165) is 30.5 Å². The van der Waals surface area contributed by atoms with Crippen LogP contribution in [-0.2, 0) is 17.8 Å². The standard InChI is InChI=1S/C17H18N4O2/c22-16(11-6-7-11)18-15-13-10-21(9-8-14(13)19-20-15)17(23)12-4-2-1-3-5-12/h1-5,11H,6-10H2,(H2,18,19,20,22). The first-order valence-corrected chi connectivity index (χ1v) is 7.93. The number of H-pyrrole nitrogens is 1. The Morgan fingerprint density at radius 2 is 2.00 bits per heavy atom. The molecule has 118 valence electrons. The largest absolute Gasteiger partial charge is 0.334 e. The van der Waals surface area contributed by atoms with Crippen LogP contribution in [0.15, 0.2) is 30.3 Å². The van der Waals surface area contributed by atoms with E-state index in [2.05, 4.69) is 15.5 Å². The molecular weight excluding hydrogens is 292 g/mol. The molecule has 6 nitrogen and oxygen atoms in total. The summed E-state index contributed by atoms with van der Waals surface area (Å²) in [5, 5.41) is 10.1. The molecule has 2 aromatic rings. The zero-order valence-corrected chi connectivity index (χ0v) is 12.7. The van der Waals surface area contributed by atoms with Gasteiger partial charge in [-0.25, -0.2) is 0 Å². The summed E-state index contributed by atoms with van der Waals surface area (Å²) in [4.78, 5) is 26.3. The predicted molar refractivity (Wildman–Crippen MR) is 84.8 cm³/mol. The molecule has 0 spiro atoms. The molecule has 1 aliphatic carbocycles. The topological polar surface area (TPSA) is 78.1 Å². The number of hydrogen-bond donors (Lipinski definition) is 2. The van der Waals surface area contributed by atoms with Gasteiger partial charge in [-0.05, 0) is 25.0 Å². The average molecular weight is 310 g/mol. The summed E-state index contributed by atoms with van der Waals surface area (Å²) in [5.41, 5.74) is 2.62. The maximum Gasteiger partial charge on any atom is 0.254 e. The predicted octanol–water partition coefficient (Wildman–Crippen LogP) is 1.96. The van der Waals surface area contributed by atoms with E-state index >= 15 is 0 Å². The fraction of sp³-hybridized carbons (Fsp3) is 0.353. The summed E-state index contributed by atoms with van der Waals surface area (Å²) in [6.45, 7) is 1.12. The van der Waals surface area contributed by atoms with Gasteiger partial charge in [-0.3, -0.25) is 14.7 Å². The summed E-state index contributed by atoms with van der Waals surface area (Å²) in [6, 6.07) is 9.27. The monoisotopic (exact) mass is 310 g/mol. The van der Waals surface area contributed by atoms with Gasteiger partial charge in [0.1, 0.15) is 0 Å². The van der Waals surface area contributed by atoms with Crippen LogP contribution in [0.3, 0.4) is 0 Å². The zero-order chi connectivity index (χ0) is 15.8. The van der Waals surface area contributed by atoms with E-state index < -0.39 is 0 Å². The van der Waals surface area contributed by atoms with Crippen LogP contribution in [0.25, 0.3) is 0 Å². The molecule has 2 N–H and O–H groups in total. The van der Waals surface area contributed by atoms with E-state index in [9.17, 15) is 9.59 Å². The van der Waals surface area contributed by atoms with Crippen LogP contribution in [0.1, 0.15) is 34.5 Å². The molecule has 0 atom stereocenters. The van der Waals surface area contributed by atoms with Crippen LogP contribution in [0.2, 0.25) is 0 Å². The molecule has 23 heavy (non-hydrogen) atoms. The average Bonchev–Trinajstić information content (AvgIpc) is 3.38. The SMILES string of the molecule is O=C(Nc1n[nH]c2c1CN(C(=O)c1ccccc1)CC2)C1CC1. The number of nitrogens with one attached hydrogen (secondary N) is 2. The van der Waals surface area contributed by atoms with Crippen molar-refractivity contribution in [2.24, 2.45) is 5.92 Å². The zero-order valence-electron chi connectivity index (χ0n) is 12.7. The van der Waals surface area contributed by atoms with Crippen LogP contribution in [-0.4, -0.2) is 33.5 Å².